The molecule has 138 valence electrons. The highest BCUT2D eigenvalue weighted by Crippen LogP contribution is 2.18. The van der Waals surface area contributed by atoms with Crippen molar-refractivity contribution in [2.24, 2.45) is 0 Å². The van der Waals surface area contributed by atoms with E-state index >= 15 is 0 Å². The molecule has 0 saturated carbocycles. The van der Waals surface area contributed by atoms with Gasteiger partial charge in [-0.1, -0.05) is 36.8 Å². The number of likely N-dealkylation sites (tertiary alicyclic amines) is 1. The van der Waals surface area contributed by atoms with E-state index in [9.17, 15) is 9.59 Å². The molecule has 0 amide bonds. The van der Waals surface area contributed by atoms with Gasteiger partial charge in [-0.25, -0.2) is 0 Å². The van der Waals surface area contributed by atoms with Gasteiger partial charge in [0.25, 0.3) is 0 Å². The Balaban J connectivity index is 1.81. The Morgan fingerprint density at radius 2 is 1.80 bits per heavy atom. The van der Waals surface area contributed by atoms with Crippen LogP contribution in [0.2, 0.25) is 0 Å². The minimum Gasteiger partial charge on any atom is -0.466 e. The zero-order chi connectivity index (χ0) is 17.9. The normalized spacial score (nSPS) is 16.4. The molecular formula is C20H29NO4. The maximum atomic E-state index is 12.3. The molecule has 25 heavy (non-hydrogen) atoms. The Kier molecular flexibility index (Phi) is 8.63. The number of rotatable bonds is 10. The number of benzene rings is 1. The number of esters is 1. The fourth-order valence-electron chi connectivity index (χ4n) is 3.20. The van der Waals surface area contributed by atoms with E-state index in [2.05, 4.69) is 4.90 Å². The fraction of sp³-hybridized carbons (Fsp3) is 0.600. The molecule has 1 atom stereocenters. The summed E-state index contributed by atoms with van der Waals surface area (Å²) in [7, 11) is 0. The molecule has 0 radical (unpaired) electrons. The lowest BCUT2D eigenvalue weighted by molar-refractivity contribution is -0.145. The summed E-state index contributed by atoms with van der Waals surface area (Å²) in [6.45, 7) is 4.58. The Morgan fingerprint density at radius 1 is 1.08 bits per heavy atom. The maximum Gasteiger partial charge on any atom is 0.307 e. The second-order valence-electron chi connectivity index (χ2n) is 6.48. The standard InChI is InChI=1S/C20H29NO4/c1-2-25-20(23)14-18(21-11-7-4-8-12-21)13-19(22)16-24-15-17-9-5-3-6-10-17/h3,5-6,9-10,18H,2,4,7-8,11-16H2,1H3. The van der Waals surface area contributed by atoms with Crippen LogP contribution in [0.3, 0.4) is 0 Å². The van der Waals surface area contributed by atoms with Crippen LogP contribution in [0.15, 0.2) is 30.3 Å². The van der Waals surface area contributed by atoms with Crippen molar-refractivity contribution >= 4 is 11.8 Å². The topological polar surface area (TPSA) is 55.8 Å². The van der Waals surface area contributed by atoms with Gasteiger partial charge in [-0.3, -0.25) is 14.5 Å². The van der Waals surface area contributed by atoms with E-state index in [4.69, 9.17) is 9.47 Å². The minimum atomic E-state index is -0.226. The number of piperidine rings is 1. The van der Waals surface area contributed by atoms with Crippen LogP contribution < -0.4 is 0 Å². The summed E-state index contributed by atoms with van der Waals surface area (Å²) in [6, 6.07) is 9.72. The Hall–Kier alpha value is -1.72. The zero-order valence-corrected chi connectivity index (χ0v) is 15.1. The Labute approximate surface area is 150 Å². The average molecular weight is 347 g/mol. The predicted octanol–water partition coefficient (Wildman–Crippen LogP) is 2.97. The summed E-state index contributed by atoms with van der Waals surface area (Å²) in [5.74, 6) is -0.188. The number of Topliss-reactive ketones (excluding diaryl/α,β-unsaturated/α-hetero) is 1. The van der Waals surface area contributed by atoms with E-state index in [1.807, 2.05) is 30.3 Å². The van der Waals surface area contributed by atoms with Crippen LogP contribution >= 0.6 is 0 Å². The van der Waals surface area contributed by atoms with Crippen LogP contribution in [0, 0.1) is 0 Å². The first-order valence-corrected chi connectivity index (χ1v) is 9.22. The molecule has 1 saturated heterocycles. The van der Waals surface area contributed by atoms with Gasteiger partial charge in [0.05, 0.1) is 19.6 Å². The van der Waals surface area contributed by atoms with Gasteiger partial charge in [0.1, 0.15) is 6.61 Å². The van der Waals surface area contributed by atoms with Crippen molar-refractivity contribution in [2.45, 2.75) is 51.7 Å². The second kappa shape index (κ2) is 11.0. The maximum absolute atomic E-state index is 12.3. The average Bonchev–Trinajstić information content (AvgIpc) is 2.63. The summed E-state index contributed by atoms with van der Waals surface area (Å²) in [5, 5.41) is 0. The molecule has 1 heterocycles. The number of hydrogen-bond acceptors (Lipinski definition) is 5. The Morgan fingerprint density at radius 3 is 2.48 bits per heavy atom. The third-order valence-electron chi connectivity index (χ3n) is 4.45. The summed E-state index contributed by atoms with van der Waals surface area (Å²) in [5.41, 5.74) is 1.05. The van der Waals surface area contributed by atoms with E-state index in [0.29, 0.717) is 19.6 Å². The van der Waals surface area contributed by atoms with Crippen molar-refractivity contribution in [3.05, 3.63) is 35.9 Å². The first-order valence-electron chi connectivity index (χ1n) is 9.22. The summed E-state index contributed by atoms with van der Waals surface area (Å²) < 4.78 is 10.6. The van der Waals surface area contributed by atoms with Crippen LogP contribution in [0.1, 0.15) is 44.6 Å². The van der Waals surface area contributed by atoms with Crippen LogP contribution in [0.25, 0.3) is 0 Å². The molecule has 0 aromatic heterocycles. The molecule has 2 rings (SSSR count). The van der Waals surface area contributed by atoms with Gasteiger partial charge in [-0.15, -0.1) is 0 Å². The first kappa shape index (κ1) is 19.6. The van der Waals surface area contributed by atoms with Crippen molar-refractivity contribution in [3.63, 3.8) is 0 Å². The zero-order valence-electron chi connectivity index (χ0n) is 15.1. The molecule has 1 aromatic carbocycles. The summed E-state index contributed by atoms with van der Waals surface area (Å²) in [6.07, 6.45) is 4.08. The monoisotopic (exact) mass is 347 g/mol. The number of hydrogen-bond donors (Lipinski definition) is 0. The molecule has 1 aliphatic rings. The van der Waals surface area contributed by atoms with E-state index in [1.165, 1.54) is 6.42 Å². The van der Waals surface area contributed by atoms with Gasteiger partial charge < -0.3 is 9.47 Å². The summed E-state index contributed by atoms with van der Waals surface area (Å²) >= 11 is 0. The van der Waals surface area contributed by atoms with Crippen molar-refractivity contribution in [1.29, 1.82) is 0 Å². The van der Waals surface area contributed by atoms with Gasteiger partial charge in [-0.2, -0.15) is 0 Å². The smallest absolute Gasteiger partial charge is 0.307 e. The SMILES string of the molecule is CCOC(=O)CC(CC(=O)COCc1ccccc1)N1CCCCC1. The molecule has 5 heteroatoms. The van der Waals surface area contributed by atoms with Crippen molar-refractivity contribution in [3.8, 4) is 0 Å². The highest BCUT2D eigenvalue weighted by Gasteiger charge is 2.26. The number of carbonyl (C=O) groups excluding carboxylic acids is 2. The van der Waals surface area contributed by atoms with E-state index < -0.39 is 0 Å². The quantitative estimate of drug-likeness (QED) is 0.609. The van der Waals surface area contributed by atoms with Gasteiger partial charge >= 0.3 is 5.97 Å². The third-order valence-corrected chi connectivity index (χ3v) is 4.45. The molecule has 1 aromatic rings. The predicted molar refractivity (Wildman–Crippen MR) is 96.2 cm³/mol. The Bertz CT molecular complexity index is 526. The minimum absolute atomic E-state index is 0.0378. The molecule has 0 N–H and O–H groups in total. The number of nitrogens with zero attached hydrogens (tertiary/aromatic N) is 1. The van der Waals surface area contributed by atoms with Crippen LogP contribution in [-0.2, 0) is 25.7 Å². The van der Waals surface area contributed by atoms with Gasteiger partial charge in [0.15, 0.2) is 5.78 Å². The second-order valence-corrected chi connectivity index (χ2v) is 6.48. The lowest BCUT2D eigenvalue weighted by Crippen LogP contribution is -2.42. The number of carbonyl (C=O) groups is 2. The largest absolute Gasteiger partial charge is 0.466 e. The van der Waals surface area contributed by atoms with Crippen molar-refractivity contribution in [2.75, 3.05) is 26.3 Å². The van der Waals surface area contributed by atoms with Crippen molar-refractivity contribution in [1.82, 2.24) is 4.90 Å². The third kappa shape index (κ3) is 7.36. The van der Waals surface area contributed by atoms with Gasteiger partial charge in [0, 0.05) is 12.5 Å². The van der Waals surface area contributed by atoms with E-state index in [1.54, 1.807) is 6.92 Å². The van der Waals surface area contributed by atoms with Crippen molar-refractivity contribution < 1.29 is 19.1 Å². The number of ether oxygens (including phenoxy) is 2. The lowest BCUT2D eigenvalue weighted by Gasteiger charge is -2.33. The van der Waals surface area contributed by atoms with Gasteiger partial charge in [-0.05, 0) is 38.4 Å². The molecule has 1 aliphatic heterocycles. The fourth-order valence-corrected chi connectivity index (χ4v) is 3.20. The summed E-state index contributed by atoms with van der Waals surface area (Å²) in [4.78, 5) is 26.5. The van der Waals surface area contributed by atoms with Gasteiger partial charge in [0.2, 0.25) is 0 Å². The van der Waals surface area contributed by atoms with Crippen LogP contribution in [0.5, 0.6) is 0 Å². The molecular weight excluding hydrogens is 318 g/mol. The molecule has 0 bridgehead atoms. The number of ketones is 1. The highest BCUT2D eigenvalue weighted by atomic mass is 16.5. The highest BCUT2D eigenvalue weighted by molar-refractivity contribution is 5.81. The molecule has 1 fully saturated rings. The van der Waals surface area contributed by atoms with E-state index in [0.717, 1.165) is 31.5 Å². The van der Waals surface area contributed by atoms with Crippen LogP contribution in [-0.4, -0.2) is 49.0 Å². The van der Waals surface area contributed by atoms with E-state index in [-0.39, 0.29) is 30.8 Å². The first-order chi connectivity index (χ1) is 12.2. The van der Waals surface area contributed by atoms with Crippen LogP contribution in [0.4, 0.5) is 0 Å². The molecule has 0 spiro atoms. The molecule has 5 nitrogen and oxygen atoms in total. The molecule has 0 aliphatic carbocycles. The molecule has 1 unspecified atom stereocenters. The lowest BCUT2D eigenvalue weighted by atomic mass is 10.0.